The Kier molecular flexibility index (Phi) is 1.96. The maximum absolute atomic E-state index is 11.2. The molecule has 0 saturated heterocycles. The van der Waals surface area contributed by atoms with Gasteiger partial charge in [-0.25, -0.2) is 4.98 Å². The van der Waals surface area contributed by atoms with Crippen molar-refractivity contribution in [1.82, 2.24) is 9.97 Å². The zero-order valence-electron chi connectivity index (χ0n) is 8.00. The van der Waals surface area contributed by atoms with E-state index in [2.05, 4.69) is 9.97 Å². The number of hydrogen-bond acceptors (Lipinski definition) is 3. The molecule has 2 rings (SSSR count). The molecule has 72 valence electrons. The van der Waals surface area contributed by atoms with Gasteiger partial charge in [0.25, 0.3) is 0 Å². The molecule has 0 atom stereocenters. The Morgan fingerprint density at radius 3 is 3.00 bits per heavy atom. The average Bonchev–Trinajstić information content (AvgIpc) is 2.59. The number of nitrogens with zero attached hydrogens (tertiary/aromatic N) is 1. The van der Waals surface area contributed by atoms with Gasteiger partial charge in [0.1, 0.15) is 0 Å². The molecule has 4 nitrogen and oxygen atoms in total. The maximum Gasteiger partial charge on any atom is 0.215 e. The fourth-order valence-corrected chi connectivity index (χ4v) is 1.40. The molecule has 0 fully saturated rings. The number of aromatic nitrogens is 2. The van der Waals surface area contributed by atoms with E-state index in [0.29, 0.717) is 11.4 Å². The summed E-state index contributed by atoms with van der Waals surface area (Å²) in [5, 5.41) is 0.832. The molecule has 0 aliphatic carbocycles. The van der Waals surface area contributed by atoms with Crippen LogP contribution in [0.4, 0.5) is 0 Å². The topological polar surface area (TPSA) is 55.0 Å². The third-order valence-electron chi connectivity index (χ3n) is 2.13. The number of fused-ring (bicyclic) bond motifs is 1. The highest BCUT2D eigenvalue weighted by atomic mass is 16.5. The molecule has 0 spiro atoms. The molecule has 0 amide bonds. The van der Waals surface area contributed by atoms with Crippen LogP contribution in [0.15, 0.2) is 18.5 Å². The zero-order chi connectivity index (χ0) is 10.1. The first-order chi connectivity index (χ1) is 6.72. The van der Waals surface area contributed by atoms with Crippen LogP contribution in [-0.4, -0.2) is 22.9 Å². The standard InChI is InChI=1S/C10H10N2O2/c1-6(13)7-4-11-9-3-10(14-2)12-5-8(7)9/h3-5,11H,1-2H3. The van der Waals surface area contributed by atoms with Crippen LogP contribution in [-0.2, 0) is 0 Å². The molecule has 14 heavy (non-hydrogen) atoms. The molecule has 2 aromatic heterocycles. The minimum absolute atomic E-state index is 0.0308. The lowest BCUT2D eigenvalue weighted by Gasteiger charge is -1.97. The van der Waals surface area contributed by atoms with Gasteiger partial charge in [-0.1, -0.05) is 0 Å². The van der Waals surface area contributed by atoms with Gasteiger partial charge >= 0.3 is 0 Å². The predicted octanol–water partition coefficient (Wildman–Crippen LogP) is 1.77. The van der Waals surface area contributed by atoms with Crippen LogP contribution in [0.1, 0.15) is 17.3 Å². The summed E-state index contributed by atoms with van der Waals surface area (Å²) < 4.78 is 4.98. The van der Waals surface area contributed by atoms with Crippen LogP contribution in [0.25, 0.3) is 10.9 Å². The first kappa shape index (κ1) is 8.74. The Morgan fingerprint density at radius 2 is 2.36 bits per heavy atom. The number of rotatable bonds is 2. The van der Waals surface area contributed by atoms with Crippen molar-refractivity contribution in [2.45, 2.75) is 6.92 Å². The third kappa shape index (κ3) is 1.25. The van der Waals surface area contributed by atoms with E-state index in [1.165, 1.54) is 6.92 Å². The second-order valence-electron chi connectivity index (χ2n) is 3.03. The summed E-state index contributed by atoms with van der Waals surface area (Å²) in [6.45, 7) is 1.53. The van der Waals surface area contributed by atoms with Crippen LogP contribution < -0.4 is 4.74 Å². The van der Waals surface area contributed by atoms with E-state index in [-0.39, 0.29) is 5.78 Å². The molecule has 0 aliphatic rings. The number of aromatic amines is 1. The Labute approximate surface area is 80.9 Å². The number of pyridine rings is 1. The van der Waals surface area contributed by atoms with Crippen LogP contribution >= 0.6 is 0 Å². The molecule has 0 radical (unpaired) electrons. The minimum atomic E-state index is 0.0308. The Bertz CT molecular complexity index is 488. The van der Waals surface area contributed by atoms with Crippen molar-refractivity contribution in [2.75, 3.05) is 7.11 Å². The summed E-state index contributed by atoms with van der Waals surface area (Å²) >= 11 is 0. The number of hydrogen-bond donors (Lipinski definition) is 1. The monoisotopic (exact) mass is 190 g/mol. The summed E-state index contributed by atoms with van der Waals surface area (Å²) in [6, 6.07) is 1.77. The average molecular weight is 190 g/mol. The molecule has 0 saturated carbocycles. The molecule has 0 unspecified atom stereocenters. The number of ether oxygens (including phenoxy) is 1. The van der Waals surface area contributed by atoms with Crippen LogP contribution in [0, 0.1) is 0 Å². The van der Waals surface area contributed by atoms with Gasteiger partial charge in [0, 0.05) is 29.4 Å². The van der Waals surface area contributed by atoms with E-state index in [9.17, 15) is 4.79 Å². The van der Waals surface area contributed by atoms with E-state index in [0.717, 1.165) is 10.9 Å². The van der Waals surface area contributed by atoms with Crippen LogP contribution in [0.3, 0.4) is 0 Å². The number of carbonyl (C=O) groups excluding carboxylic acids is 1. The Balaban J connectivity index is 2.65. The Hall–Kier alpha value is -1.84. The number of methoxy groups -OCH3 is 1. The van der Waals surface area contributed by atoms with Gasteiger partial charge in [-0.3, -0.25) is 4.79 Å². The molecule has 2 aromatic rings. The lowest BCUT2D eigenvalue weighted by molar-refractivity contribution is 0.101. The summed E-state index contributed by atoms with van der Waals surface area (Å²) in [4.78, 5) is 18.2. The summed E-state index contributed by atoms with van der Waals surface area (Å²) in [7, 11) is 1.56. The largest absolute Gasteiger partial charge is 0.481 e. The summed E-state index contributed by atoms with van der Waals surface area (Å²) in [5.41, 5.74) is 1.53. The maximum atomic E-state index is 11.2. The smallest absolute Gasteiger partial charge is 0.215 e. The van der Waals surface area contributed by atoms with Crippen LogP contribution in [0.2, 0.25) is 0 Å². The summed E-state index contributed by atoms with van der Waals surface area (Å²) in [5.74, 6) is 0.567. The molecule has 0 aliphatic heterocycles. The molecule has 0 bridgehead atoms. The highest BCUT2D eigenvalue weighted by Gasteiger charge is 2.08. The van der Waals surface area contributed by atoms with Crippen molar-refractivity contribution < 1.29 is 9.53 Å². The van der Waals surface area contributed by atoms with Crippen molar-refractivity contribution >= 4 is 16.7 Å². The van der Waals surface area contributed by atoms with Gasteiger partial charge in [0.15, 0.2) is 5.78 Å². The predicted molar refractivity (Wildman–Crippen MR) is 52.7 cm³/mol. The fourth-order valence-electron chi connectivity index (χ4n) is 1.40. The van der Waals surface area contributed by atoms with Crippen molar-refractivity contribution in [3.63, 3.8) is 0 Å². The van der Waals surface area contributed by atoms with Gasteiger partial charge in [0.2, 0.25) is 5.88 Å². The highest BCUT2D eigenvalue weighted by Crippen LogP contribution is 2.20. The second kappa shape index (κ2) is 3.14. The van der Waals surface area contributed by atoms with Gasteiger partial charge in [0.05, 0.1) is 12.6 Å². The van der Waals surface area contributed by atoms with E-state index < -0.39 is 0 Å². The third-order valence-corrected chi connectivity index (χ3v) is 2.13. The number of nitrogens with one attached hydrogen (secondary N) is 1. The molecule has 4 heteroatoms. The van der Waals surface area contributed by atoms with Crippen molar-refractivity contribution in [3.8, 4) is 5.88 Å². The molecule has 0 aromatic carbocycles. The van der Waals surface area contributed by atoms with Crippen LogP contribution in [0.5, 0.6) is 5.88 Å². The summed E-state index contributed by atoms with van der Waals surface area (Å²) in [6.07, 6.45) is 3.33. The van der Waals surface area contributed by atoms with Gasteiger partial charge in [-0.05, 0) is 6.92 Å². The number of Topliss-reactive ketones (excluding diaryl/α,β-unsaturated/α-hetero) is 1. The van der Waals surface area contributed by atoms with E-state index in [1.54, 1.807) is 25.6 Å². The first-order valence-corrected chi connectivity index (χ1v) is 4.24. The van der Waals surface area contributed by atoms with Gasteiger partial charge in [-0.15, -0.1) is 0 Å². The van der Waals surface area contributed by atoms with E-state index in [4.69, 9.17) is 4.74 Å². The normalized spacial score (nSPS) is 10.4. The lowest BCUT2D eigenvalue weighted by Crippen LogP contribution is -1.90. The highest BCUT2D eigenvalue weighted by molar-refractivity contribution is 6.06. The molecular formula is C10H10N2O2. The fraction of sp³-hybridized carbons (Fsp3) is 0.200. The second-order valence-corrected chi connectivity index (χ2v) is 3.03. The van der Waals surface area contributed by atoms with E-state index in [1.807, 2.05) is 0 Å². The SMILES string of the molecule is COc1cc2[nH]cc(C(C)=O)c2cn1. The lowest BCUT2D eigenvalue weighted by atomic mass is 10.1. The quantitative estimate of drug-likeness (QED) is 0.734. The first-order valence-electron chi connectivity index (χ1n) is 4.24. The van der Waals surface area contributed by atoms with Crippen molar-refractivity contribution in [3.05, 3.63) is 24.0 Å². The zero-order valence-corrected chi connectivity index (χ0v) is 8.00. The molecule has 1 N–H and O–H groups in total. The number of H-pyrrole nitrogens is 1. The van der Waals surface area contributed by atoms with Gasteiger partial charge < -0.3 is 9.72 Å². The minimum Gasteiger partial charge on any atom is -0.481 e. The van der Waals surface area contributed by atoms with Gasteiger partial charge in [-0.2, -0.15) is 0 Å². The van der Waals surface area contributed by atoms with Crippen molar-refractivity contribution in [2.24, 2.45) is 0 Å². The van der Waals surface area contributed by atoms with E-state index >= 15 is 0 Å². The van der Waals surface area contributed by atoms with Crippen molar-refractivity contribution in [1.29, 1.82) is 0 Å². The Morgan fingerprint density at radius 1 is 1.57 bits per heavy atom. The molecule has 2 heterocycles. The number of ketones is 1. The number of carbonyl (C=O) groups is 1. The molecular weight excluding hydrogens is 180 g/mol.